The van der Waals surface area contributed by atoms with Gasteiger partial charge in [0.1, 0.15) is 0 Å². The second-order valence-electron chi connectivity index (χ2n) is 14.6. The molecule has 0 saturated carbocycles. The lowest BCUT2D eigenvalue weighted by molar-refractivity contribution is 1.40. The largest absolute Gasteiger partial charge is 0.248 e. The fourth-order valence-electron chi connectivity index (χ4n) is 8.38. The zero-order valence-corrected chi connectivity index (χ0v) is 30.5. The van der Waals surface area contributed by atoms with Crippen molar-refractivity contribution in [1.29, 1.82) is 0 Å². The maximum Gasteiger partial charge on any atom is 0.0794 e. The first kappa shape index (κ1) is 32.0. The third kappa shape index (κ3) is 5.51. The van der Waals surface area contributed by atoms with Crippen LogP contribution in [0, 0.1) is 0 Å². The van der Waals surface area contributed by atoms with Gasteiger partial charge in [0.15, 0.2) is 0 Å². The number of benzene rings is 9. The number of para-hydroxylation sites is 1. The summed E-state index contributed by atoms with van der Waals surface area (Å²) in [4.78, 5) is 10.6. The van der Waals surface area contributed by atoms with Crippen LogP contribution in [0.25, 0.3) is 110 Å². The van der Waals surface area contributed by atoms with Crippen LogP contribution in [0.15, 0.2) is 206 Å². The van der Waals surface area contributed by atoms with E-state index in [1.165, 1.54) is 54.7 Å². The van der Waals surface area contributed by atoms with Gasteiger partial charge in [-0.15, -0.1) is 0 Å². The van der Waals surface area contributed by atoms with Gasteiger partial charge >= 0.3 is 0 Å². The van der Waals surface area contributed by atoms with Gasteiger partial charge in [0.25, 0.3) is 0 Å². The van der Waals surface area contributed by atoms with Crippen LogP contribution in [0.3, 0.4) is 0 Å². The van der Waals surface area contributed by atoms with Crippen molar-refractivity contribution in [3.8, 4) is 55.9 Å². The van der Waals surface area contributed by atoms with Crippen molar-refractivity contribution < 1.29 is 0 Å². The third-order valence-corrected chi connectivity index (χ3v) is 11.2. The average Bonchev–Trinajstić information content (AvgIpc) is 3.28. The highest BCUT2D eigenvalue weighted by atomic mass is 14.7. The topological polar surface area (TPSA) is 25.8 Å². The first-order valence-electron chi connectivity index (χ1n) is 19.1. The minimum atomic E-state index is 0.960. The molecule has 0 unspecified atom stereocenters. The summed E-state index contributed by atoms with van der Waals surface area (Å²) in [7, 11) is 0. The number of fused-ring (bicyclic) bond motifs is 6. The molecule has 0 aliphatic heterocycles. The molecule has 0 N–H and O–H groups in total. The lowest BCUT2D eigenvalue weighted by Gasteiger charge is -2.16. The molecule has 260 valence electrons. The van der Waals surface area contributed by atoms with Crippen LogP contribution in [0.4, 0.5) is 0 Å². The zero-order chi connectivity index (χ0) is 37.0. The number of pyridine rings is 2. The Bertz CT molecular complexity index is 3290. The molecule has 0 amide bonds. The Morgan fingerprint density at radius 3 is 1.46 bits per heavy atom. The summed E-state index contributed by atoms with van der Waals surface area (Å²) in [6, 6.07) is 74.1. The summed E-state index contributed by atoms with van der Waals surface area (Å²) in [5, 5.41) is 9.48. The summed E-state index contributed by atoms with van der Waals surface area (Å²) >= 11 is 0. The van der Waals surface area contributed by atoms with Gasteiger partial charge in [-0.05, 0) is 96.7 Å². The van der Waals surface area contributed by atoms with E-state index in [1.54, 1.807) is 0 Å². The molecule has 2 heterocycles. The van der Waals surface area contributed by atoms with E-state index in [1.807, 2.05) is 0 Å². The Kier molecular flexibility index (Phi) is 7.53. The summed E-state index contributed by atoms with van der Waals surface area (Å²) in [6.07, 6.45) is 0. The monoisotopic (exact) mass is 710 g/mol. The second-order valence-corrected chi connectivity index (χ2v) is 14.6. The number of hydrogen-bond acceptors (Lipinski definition) is 2. The first-order valence-corrected chi connectivity index (χ1v) is 19.1. The molecule has 0 saturated heterocycles. The van der Waals surface area contributed by atoms with Crippen LogP contribution in [0.2, 0.25) is 0 Å². The van der Waals surface area contributed by atoms with E-state index in [2.05, 4.69) is 206 Å². The molecule has 0 atom stereocenters. The van der Waals surface area contributed by atoms with Crippen LogP contribution in [-0.4, -0.2) is 9.97 Å². The van der Waals surface area contributed by atoms with E-state index in [0.717, 1.165) is 55.3 Å². The van der Waals surface area contributed by atoms with Gasteiger partial charge in [-0.3, -0.25) is 0 Å². The van der Waals surface area contributed by atoms with Gasteiger partial charge in [0.2, 0.25) is 0 Å². The van der Waals surface area contributed by atoms with E-state index < -0.39 is 0 Å². The molecule has 0 aliphatic rings. The van der Waals surface area contributed by atoms with E-state index in [0.29, 0.717) is 0 Å². The van der Waals surface area contributed by atoms with Crippen molar-refractivity contribution in [2.45, 2.75) is 0 Å². The molecule has 2 heteroatoms. The molecule has 0 bridgehead atoms. The van der Waals surface area contributed by atoms with Gasteiger partial charge in [0.05, 0.1) is 22.4 Å². The summed E-state index contributed by atoms with van der Waals surface area (Å²) in [5.41, 5.74) is 13.2. The molecule has 0 spiro atoms. The maximum absolute atomic E-state index is 5.47. The van der Waals surface area contributed by atoms with E-state index in [-0.39, 0.29) is 0 Å². The lowest BCUT2D eigenvalue weighted by Crippen LogP contribution is -1.94. The summed E-state index contributed by atoms with van der Waals surface area (Å²) in [6.45, 7) is 0. The first-order chi connectivity index (χ1) is 27.7. The fourth-order valence-corrected chi connectivity index (χ4v) is 8.38. The SMILES string of the molecule is c1ccc(-c2cc(-c3ccc(-c4cc5c(-c6ccc7ccccc7c6)cc(-c6ccc7ccccc7c6)nc5c5ccccc45)cc3)nc3ccccc23)cc1. The van der Waals surface area contributed by atoms with Crippen molar-refractivity contribution in [3.63, 3.8) is 0 Å². The maximum atomic E-state index is 5.47. The normalized spacial score (nSPS) is 11.6. The minimum Gasteiger partial charge on any atom is -0.248 e. The lowest BCUT2D eigenvalue weighted by atomic mass is 9.90. The molecule has 0 radical (unpaired) electrons. The van der Waals surface area contributed by atoms with Crippen molar-refractivity contribution >= 4 is 54.1 Å². The third-order valence-electron chi connectivity index (χ3n) is 11.2. The van der Waals surface area contributed by atoms with Gasteiger partial charge < -0.3 is 0 Å². The molecule has 0 fully saturated rings. The van der Waals surface area contributed by atoms with Crippen molar-refractivity contribution in [2.24, 2.45) is 0 Å². The Labute approximate surface area is 325 Å². The molecule has 2 aromatic heterocycles. The average molecular weight is 711 g/mol. The Morgan fingerprint density at radius 2 is 0.732 bits per heavy atom. The zero-order valence-electron chi connectivity index (χ0n) is 30.5. The van der Waals surface area contributed by atoms with Crippen LogP contribution in [0.1, 0.15) is 0 Å². The highest BCUT2D eigenvalue weighted by molar-refractivity contribution is 6.16. The standard InChI is InChI=1S/C54H34N2/c1-2-14-37(15-3-1)48-33-52(55-51-21-11-10-19-45(48)51)39-26-24-38(25-27-39)47-32-50-49(42-28-22-35-12-4-6-16-40(35)30-42)34-53(56-54(50)46-20-9-8-18-44(46)47)43-29-23-36-13-5-7-17-41(36)31-43/h1-34H. The number of aromatic nitrogens is 2. The van der Waals surface area contributed by atoms with Crippen LogP contribution < -0.4 is 0 Å². The van der Waals surface area contributed by atoms with Crippen LogP contribution in [-0.2, 0) is 0 Å². The van der Waals surface area contributed by atoms with Crippen molar-refractivity contribution in [3.05, 3.63) is 206 Å². The highest BCUT2D eigenvalue weighted by Gasteiger charge is 2.17. The minimum absolute atomic E-state index is 0.960. The molecule has 2 nitrogen and oxygen atoms in total. The predicted octanol–water partition coefficient (Wildman–Crippen LogP) is 14.6. The Hall–Kier alpha value is -7.42. The summed E-state index contributed by atoms with van der Waals surface area (Å²) in [5.74, 6) is 0. The van der Waals surface area contributed by atoms with E-state index >= 15 is 0 Å². The van der Waals surface area contributed by atoms with Gasteiger partial charge in [-0.25, -0.2) is 9.97 Å². The number of nitrogens with zero attached hydrogens (tertiary/aromatic N) is 2. The van der Waals surface area contributed by atoms with Crippen LogP contribution in [0.5, 0.6) is 0 Å². The van der Waals surface area contributed by atoms with Crippen molar-refractivity contribution in [1.82, 2.24) is 9.97 Å². The van der Waals surface area contributed by atoms with E-state index in [4.69, 9.17) is 9.97 Å². The molecule has 11 aromatic rings. The van der Waals surface area contributed by atoms with Gasteiger partial charge in [-0.1, -0.05) is 170 Å². The van der Waals surface area contributed by atoms with Crippen molar-refractivity contribution in [2.75, 3.05) is 0 Å². The Morgan fingerprint density at radius 1 is 0.250 bits per heavy atom. The number of rotatable bonds is 5. The molecule has 11 rings (SSSR count). The molecular formula is C54H34N2. The van der Waals surface area contributed by atoms with Gasteiger partial charge in [-0.2, -0.15) is 0 Å². The Balaban J connectivity index is 1.10. The molecule has 0 aliphatic carbocycles. The van der Waals surface area contributed by atoms with Crippen LogP contribution >= 0.6 is 0 Å². The summed E-state index contributed by atoms with van der Waals surface area (Å²) < 4.78 is 0. The smallest absolute Gasteiger partial charge is 0.0794 e. The quantitative estimate of drug-likeness (QED) is 0.166. The second kappa shape index (κ2) is 13.2. The highest BCUT2D eigenvalue weighted by Crippen LogP contribution is 2.42. The predicted molar refractivity (Wildman–Crippen MR) is 237 cm³/mol. The molecule has 9 aromatic carbocycles. The number of hydrogen-bond donors (Lipinski definition) is 0. The fraction of sp³-hybridized carbons (Fsp3) is 0. The van der Waals surface area contributed by atoms with E-state index in [9.17, 15) is 0 Å². The molecular weight excluding hydrogens is 677 g/mol. The van der Waals surface area contributed by atoms with Gasteiger partial charge in [0, 0.05) is 27.3 Å². The molecule has 56 heavy (non-hydrogen) atoms.